The number of rotatable bonds is 5. The number of hydrogen-bond acceptors (Lipinski definition) is 5. The second kappa shape index (κ2) is 9.18. The Hall–Kier alpha value is -3.42. The lowest BCUT2D eigenvalue weighted by Crippen LogP contribution is -2.46. The van der Waals surface area contributed by atoms with E-state index in [0.29, 0.717) is 30.8 Å². The fourth-order valence-corrected chi connectivity index (χ4v) is 3.37. The van der Waals surface area contributed by atoms with E-state index in [2.05, 4.69) is 6.07 Å². The Kier molecular flexibility index (Phi) is 6.43. The highest BCUT2D eigenvalue weighted by atomic mass is 19.1. The molecule has 0 unspecified atom stereocenters. The van der Waals surface area contributed by atoms with E-state index in [-0.39, 0.29) is 24.1 Å². The number of carbonyl (C=O) groups is 1. The second-order valence-electron chi connectivity index (χ2n) is 7.16. The summed E-state index contributed by atoms with van der Waals surface area (Å²) in [6.07, 6.45) is 1.56. The van der Waals surface area contributed by atoms with Crippen molar-refractivity contribution in [1.29, 1.82) is 10.5 Å². The van der Waals surface area contributed by atoms with Crippen molar-refractivity contribution < 1.29 is 9.18 Å². The van der Waals surface area contributed by atoms with Gasteiger partial charge in [0.05, 0.1) is 23.7 Å². The Morgan fingerprint density at radius 3 is 2.41 bits per heavy atom. The fraction of sp³-hybridized carbons (Fsp3) is 0.318. The Bertz CT molecular complexity index is 953. The summed E-state index contributed by atoms with van der Waals surface area (Å²) in [5, 5.41) is 17.9. The molecule has 2 N–H and O–H groups in total. The van der Waals surface area contributed by atoms with Crippen LogP contribution in [0, 0.1) is 28.5 Å². The third-order valence-corrected chi connectivity index (χ3v) is 5.11. The maximum Gasteiger partial charge on any atom is 0.242 e. The maximum atomic E-state index is 14.0. The number of nitrogens with two attached hydrogens (primary N) is 1. The van der Waals surface area contributed by atoms with Crippen LogP contribution in [-0.2, 0) is 11.3 Å². The Balaban J connectivity index is 1.81. The second-order valence-corrected chi connectivity index (χ2v) is 7.16. The summed E-state index contributed by atoms with van der Waals surface area (Å²) in [7, 11) is 0. The van der Waals surface area contributed by atoms with Gasteiger partial charge in [0.1, 0.15) is 11.9 Å². The highest BCUT2D eigenvalue weighted by molar-refractivity contribution is 5.81. The number of amides is 1. The average molecular weight is 391 g/mol. The van der Waals surface area contributed by atoms with Gasteiger partial charge in [0.25, 0.3) is 0 Å². The van der Waals surface area contributed by atoms with Crippen molar-refractivity contribution in [3.63, 3.8) is 0 Å². The fourth-order valence-electron chi connectivity index (χ4n) is 3.37. The van der Waals surface area contributed by atoms with Crippen LogP contribution in [0.25, 0.3) is 0 Å². The van der Waals surface area contributed by atoms with Crippen molar-refractivity contribution in [3.05, 3.63) is 65.0 Å². The first-order chi connectivity index (χ1) is 14.0. The lowest BCUT2D eigenvalue weighted by Gasteiger charge is -2.33. The monoisotopic (exact) mass is 391 g/mol. The van der Waals surface area contributed by atoms with E-state index in [1.54, 1.807) is 35.2 Å². The zero-order valence-corrected chi connectivity index (χ0v) is 16.0. The summed E-state index contributed by atoms with van der Waals surface area (Å²) in [6, 6.07) is 15.4. The number of carbonyl (C=O) groups excluding carboxylic acids is 1. The van der Waals surface area contributed by atoms with Gasteiger partial charge in [-0.15, -0.1) is 0 Å². The van der Waals surface area contributed by atoms with Gasteiger partial charge in [0.2, 0.25) is 5.91 Å². The molecule has 7 heteroatoms. The predicted molar refractivity (Wildman–Crippen MR) is 107 cm³/mol. The number of likely N-dealkylation sites (tertiary alicyclic amines) is 1. The van der Waals surface area contributed by atoms with Gasteiger partial charge in [-0.25, -0.2) is 4.39 Å². The standard InChI is InChI=1S/C22H22FN5O/c23-21-11-17(1-4-18(21)13-25)14-28(20-5-2-16(12-24)3-6-20)15-22(29)27-9-7-19(26)8-10-27/h1-6,11,19H,7-10,14-15,26H2. The molecule has 1 aliphatic heterocycles. The summed E-state index contributed by atoms with van der Waals surface area (Å²) < 4.78 is 14.0. The normalized spacial score (nSPS) is 14.1. The summed E-state index contributed by atoms with van der Waals surface area (Å²) in [6.45, 7) is 1.69. The molecular formula is C22H22FN5O. The van der Waals surface area contributed by atoms with Gasteiger partial charge < -0.3 is 15.5 Å². The number of anilines is 1. The molecule has 0 atom stereocenters. The first kappa shape index (κ1) is 20.3. The smallest absolute Gasteiger partial charge is 0.242 e. The van der Waals surface area contributed by atoms with Crippen LogP contribution in [0.4, 0.5) is 10.1 Å². The van der Waals surface area contributed by atoms with Crippen LogP contribution in [0.15, 0.2) is 42.5 Å². The molecule has 0 radical (unpaired) electrons. The van der Waals surface area contributed by atoms with Crippen molar-refractivity contribution in [2.75, 3.05) is 24.5 Å². The number of hydrogen-bond donors (Lipinski definition) is 1. The Labute approximate surface area is 169 Å². The first-order valence-electron chi connectivity index (χ1n) is 9.47. The van der Waals surface area contributed by atoms with Gasteiger partial charge in [-0.1, -0.05) is 6.07 Å². The molecule has 1 aliphatic rings. The lowest BCUT2D eigenvalue weighted by molar-refractivity contribution is -0.130. The zero-order chi connectivity index (χ0) is 20.8. The van der Waals surface area contributed by atoms with E-state index < -0.39 is 5.82 Å². The minimum absolute atomic E-state index is 0.0144. The van der Waals surface area contributed by atoms with Crippen LogP contribution in [-0.4, -0.2) is 36.5 Å². The van der Waals surface area contributed by atoms with Crippen LogP contribution in [0.1, 0.15) is 29.5 Å². The van der Waals surface area contributed by atoms with Crippen molar-refractivity contribution in [3.8, 4) is 12.1 Å². The van der Waals surface area contributed by atoms with E-state index in [0.717, 1.165) is 18.5 Å². The molecule has 1 saturated heterocycles. The molecule has 0 saturated carbocycles. The van der Waals surface area contributed by atoms with Crippen molar-refractivity contribution >= 4 is 11.6 Å². The van der Waals surface area contributed by atoms with Crippen molar-refractivity contribution in [1.82, 2.24) is 4.90 Å². The third kappa shape index (κ3) is 5.10. The van der Waals surface area contributed by atoms with Crippen LogP contribution in [0.3, 0.4) is 0 Å². The Morgan fingerprint density at radius 2 is 1.83 bits per heavy atom. The minimum atomic E-state index is -0.582. The van der Waals surface area contributed by atoms with E-state index >= 15 is 0 Å². The number of nitriles is 2. The van der Waals surface area contributed by atoms with Gasteiger partial charge in [0, 0.05) is 31.4 Å². The predicted octanol–water partition coefficient (Wildman–Crippen LogP) is 2.53. The van der Waals surface area contributed by atoms with E-state index in [4.69, 9.17) is 16.3 Å². The molecule has 0 aromatic heterocycles. The topological polar surface area (TPSA) is 97.2 Å². The molecule has 148 valence electrons. The van der Waals surface area contributed by atoms with E-state index in [9.17, 15) is 9.18 Å². The number of piperidine rings is 1. The summed E-state index contributed by atoms with van der Waals surface area (Å²) >= 11 is 0. The highest BCUT2D eigenvalue weighted by Crippen LogP contribution is 2.20. The molecule has 1 heterocycles. The van der Waals surface area contributed by atoms with Crippen LogP contribution in [0.2, 0.25) is 0 Å². The lowest BCUT2D eigenvalue weighted by atomic mass is 10.1. The molecule has 1 amide bonds. The molecule has 0 aliphatic carbocycles. The van der Waals surface area contributed by atoms with E-state index in [1.165, 1.54) is 12.1 Å². The quantitative estimate of drug-likeness (QED) is 0.845. The zero-order valence-electron chi connectivity index (χ0n) is 16.0. The Morgan fingerprint density at radius 1 is 1.14 bits per heavy atom. The van der Waals surface area contributed by atoms with E-state index in [1.807, 2.05) is 11.0 Å². The molecule has 6 nitrogen and oxygen atoms in total. The number of halogens is 1. The van der Waals surface area contributed by atoms with Crippen LogP contribution in [0.5, 0.6) is 0 Å². The minimum Gasteiger partial charge on any atom is -0.358 e. The molecule has 2 aromatic rings. The molecule has 1 fully saturated rings. The van der Waals surface area contributed by atoms with Gasteiger partial charge >= 0.3 is 0 Å². The molecular weight excluding hydrogens is 369 g/mol. The van der Waals surface area contributed by atoms with Gasteiger partial charge in [0.15, 0.2) is 0 Å². The molecule has 3 rings (SSSR count). The van der Waals surface area contributed by atoms with Crippen LogP contribution < -0.4 is 10.6 Å². The number of benzene rings is 2. The molecule has 0 bridgehead atoms. The SMILES string of the molecule is N#Cc1ccc(N(CC(=O)N2CCC(N)CC2)Cc2ccc(C#N)c(F)c2)cc1. The summed E-state index contributed by atoms with van der Waals surface area (Å²) in [5.74, 6) is -0.600. The van der Waals surface area contributed by atoms with Crippen molar-refractivity contribution in [2.45, 2.75) is 25.4 Å². The summed E-state index contributed by atoms with van der Waals surface area (Å²) in [5.41, 5.74) is 7.84. The van der Waals surface area contributed by atoms with Crippen LogP contribution >= 0.6 is 0 Å². The third-order valence-electron chi connectivity index (χ3n) is 5.11. The van der Waals surface area contributed by atoms with Gasteiger partial charge in [-0.3, -0.25) is 4.79 Å². The maximum absolute atomic E-state index is 14.0. The van der Waals surface area contributed by atoms with Gasteiger partial charge in [-0.05, 0) is 54.8 Å². The number of nitrogens with zero attached hydrogens (tertiary/aromatic N) is 4. The highest BCUT2D eigenvalue weighted by Gasteiger charge is 2.23. The molecule has 2 aromatic carbocycles. The van der Waals surface area contributed by atoms with Crippen molar-refractivity contribution in [2.24, 2.45) is 5.73 Å². The largest absolute Gasteiger partial charge is 0.358 e. The molecule has 29 heavy (non-hydrogen) atoms. The van der Waals surface area contributed by atoms with Gasteiger partial charge in [-0.2, -0.15) is 10.5 Å². The molecule has 0 spiro atoms. The average Bonchev–Trinajstić information content (AvgIpc) is 2.74. The first-order valence-corrected chi connectivity index (χ1v) is 9.47. The summed E-state index contributed by atoms with van der Waals surface area (Å²) in [4.78, 5) is 16.5.